The minimum Gasteiger partial charge on any atom is -0.318 e. The summed E-state index contributed by atoms with van der Waals surface area (Å²) in [4.78, 5) is 22.6. The molecular formula is C11H8F5NO2. The van der Waals surface area contributed by atoms with E-state index in [0.29, 0.717) is 6.41 Å². The summed E-state index contributed by atoms with van der Waals surface area (Å²) in [5, 5.41) is 0. The van der Waals surface area contributed by atoms with Crippen molar-refractivity contribution >= 4 is 17.9 Å². The molecule has 0 atom stereocenters. The molecule has 0 aromatic heterocycles. The maximum atomic E-state index is 12.8. The Kier molecular flexibility index (Phi) is 3.92. The van der Waals surface area contributed by atoms with Crippen molar-refractivity contribution in [3.63, 3.8) is 0 Å². The fraction of sp³-hybridized carbons (Fsp3) is 0.273. The summed E-state index contributed by atoms with van der Waals surface area (Å²) in [5.74, 6) is -7.77. The first-order valence-corrected chi connectivity index (χ1v) is 4.89. The smallest absolute Gasteiger partial charge is 0.318 e. The molecule has 8 heteroatoms. The monoisotopic (exact) mass is 281 g/mol. The van der Waals surface area contributed by atoms with Crippen molar-refractivity contribution in [1.29, 1.82) is 0 Å². The van der Waals surface area contributed by atoms with Gasteiger partial charge in [0.05, 0.1) is 0 Å². The lowest BCUT2D eigenvalue weighted by Crippen LogP contribution is -2.44. The topological polar surface area (TPSA) is 37.4 Å². The zero-order valence-corrected chi connectivity index (χ0v) is 9.54. The lowest BCUT2D eigenvalue weighted by Gasteiger charge is -2.18. The van der Waals surface area contributed by atoms with Gasteiger partial charge in [0.2, 0.25) is 12.2 Å². The maximum Gasteiger partial charge on any atom is 0.461 e. The number of Topliss-reactive ketones (excluding diaryl/α,β-unsaturated/α-hetero) is 1. The first-order chi connectivity index (χ1) is 8.61. The number of halogens is 5. The molecule has 0 radical (unpaired) electrons. The molecule has 0 fully saturated rings. The normalized spacial score (nSPS) is 12.1. The van der Waals surface area contributed by atoms with Gasteiger partial charge in [-0.15, -0.1) is 0 Å². The summed E-state index contributed by atoms with van der Waals surface area (Å²) in [7, 11) is 1.36. The van der Waals surface area contributed by atoms with Crippen LogP contribution < -0.4 is 4.90 Å². The van der Waals surface area contributed by atoms with Crippen LogP contribution in [0, 0.1) is 0 Å². The zero-order chi connectivity index (χ0) is 14.8. The van der Waals surface area contributed by atoms with Crippen LogP contribution in [-0.4, -0.2) is 31.3 Å². The second kappa shape index (κ2) is 4.94. The average molecular weight is 281 g/mol. The van der Waals surface area contributed by atoms with E-state index in [-0.39, 0.29) is 5.69 Å². The molecule has 0 saturated heterocycles. The summed E-state index contributed by atoms with van der Waals surface area (Å²) in [6.45, 7) is 0. The van der Waals surface area contributed by atoms with Crippen molar-refractivity contribution in [3.05, 3.63) is 29.8 Å². The number of carbonyl (C=O) groups excluding carboxylic acids is 2. The molecule has 1 aromatic carbocycles. The molecule has 19 heavy (non-hydrogen) atoms. The highest BCUT2D eigenvalue weighted by Gasteiger charge is 2.63. The largest absolute Gasteiger partial charge is 0.461 e. The predicted octanol–water partition coefficient (Wildman–Crippen LogP) is 2.66. The van der Waals surface area contributed by atoms with Gasteiger partial charge in [0.25, 0.3) is 0 Å². The standard InChI is InChI=1S/C11H8F5NO2/c1-17(6-18)8-4-2-7(3-5-8)9(19)10(12,13)11(14,15)16/h2-6H,1H3. The molecule has 0 aliphatic rings. The fourth-order valence-corrected chi connectivity index (χ4v) is 1.22. The van der Waals surface area contributed by atoms with E-state index in [0.717, 1.165) is 29.2 Å². The van der Waals surface area contributed by atoms with Gasteiger partial charge in [-0.3, -0.25) is 9.59 Å². The van der Waals surface area contributed by atoms with Crippen LogP contribution >= 0.6 is 0 Å². The molecule has 0 aliphatic heterocycles. The van der Waals surface area contributed by atoms with E-state index in [1.807, 2.05) is 0 Å². The van der Waals surface area contributed by atoms with Gasteiger partial charge >= 0.3 is 12.1 Å². The summed E-state index contributed by atoms with van der Waals surface area (Å²) in [6.07, 6.45) is -5.52. The number of benzene rings is 1. The fourth-order valence-electron chi connectivity index (χ4n) is 1.22. The molecule has 0 heterocycles. The van der Waals surface area contributed by atoms with Gasteiger partial charge in [0, 0.05) is 18.3 Å². The quantitative estimate of drug-likeness (QED) is 0.483. The second-order valence-corrected chi connectivity index (χ2v) is 3.66. The second-order valence-electron chi connectivity index (χ2n) is 3.66. The number of nitrogens with zero attached hydrogens (tertiary/aromatic N) is 1. The third kappa shape index (κ3) is 2.88. The first-order valence-electron chi connectivity index (χ1n) is 4.89. The minimum absolute atomic E-state index is 0.252. The van der Waals surface area contributed by atoms with Crippen molar-refractivity contribution in [1.82, 2.24) is 0 Å². The molecule has 0 unspecified atom stereocenters. The molecule has 1 amide bonds. The van der Waals surface area contributed by atoms with Crippen LogP contribution in [0.5, 0.6) is 0 Å². The Labute approximate surface area is 104 Å². The molecule has 1 aromatic rings. The van der Waals surface area contributed by atoms with Gasteiger partial charge in [0.15, 0.2) is 0 Å². The highest BCUT2D eigenvalue weighted by molar-refractivity contribution is 6.02. The molecule has 0 aliphatic carbocycles. The number of alkyl halides is 5. The van der Waals surface area contributed by atoms with E-state index in [2.05, 4.69) is 0 Å². The molecule has 0 N–H and O–H groups in total. The van der Waals surface area contributed by atoms with Gasteiger partial charge in [-0.1, -0.05) is 0 Å². The molecule has 3 nitrogen and oxygen atoms in total. The summed E-state index contributed by atoms with van der Waals surface area (Å²) in [6, 6.07) is 3.79. The number of rotatable bonds is 4. The highest BCUT2D eigenvalue weighted by Crippen LogP contribution is 2.38. The lowest BCUT2D eigenvalue weighted by molar-refractivity contribution is -0.255. The van der Waals surface area contributed by atoms with Crippen LogP contribution in [0.4, 0.5) is 27.6 Å². The third-order valence-corrected chi connectivity index (χ3v) is 2.34. The highest BCUT2D eigenvalue weighted by atomic mass is 19.4. The predicted molar refractivity (Wildman–Crippen MR) is 56.2 cm³/mol. The number of carbonyl (C=O) groups is 2. The first kappa shape index (κ1) is 15.1. The van der Waals surface area contributed by atoms with Gasteiger partial charge in [0.1, 0.15) is 0 Å². The molecule has 1 rings (SSSR count). The molecular weight excluding hydrogens is 273 g/mol. The third-order valence-electron chi connectivity index (χ3n) is 2.34. The van der Waals surface area contributed by atoms with Crippen molar-refractivity contribution in [3.8, 4) is 0 Å². The van der Waals surface area contributed by atoms with Gasteiger partial charge < -0.3 is 4.90 Å². The van der Waals surface area contributed by atoms with E-state index < -0.39 is 23.4 Å². The molecule has 0 spiro atoms. The van der Waals surface area contributed by atoms with E-state index in [9.17, 15) is 31.5 Å². The minimum atomic E-state index is -5.94. The van der Waals surface area contributed by atoms with Crippen molar-refractivity contribution in [2.24, 2.45) is 0 Å². The Hall–Kier alpha value is -1.99. The van der Waals surface area contributed by atoms with Gasteiger partial charge in [-0.2, -0.15) is 22.0 Å². The summed E-state index contributed by atoms with van der Waals surface area (Å²) >= 11 is 0. The maximum absolute atomic E-state index is 12.8. The Bertz CT molecular complexity index is 481. The number of hydrogen-bond donors (Lipinski definition) is 0. The number of hydrogen-bond acceptors (Lipinski definition) is 2. The number of ketones is 1. The van der Waals surface area contributed by atoms with Gasteiger partial charge in [-0.25, -0.2) is 0 Å². The van der Waals surface area contributed by atoms with E-state index >= 15 is 0 Å². The Morgan fingerprint density at radius 1 is 1.11 bits per heavy atom. The number of amides is 1. The Morgan fingerprint density at radius 3 is 1.95 bits per heavy atom. The zero-order valence-electron chi connectivity index (χ0n) is 9.54. The number of anilines is 1. The van der Waals surface area contributed by atoms with E-state index in [4.69, 9.17) is 0 Å². The Balaban J connectivity index is 3.05. The van der Waals surface area contributed by atoms with Crippen LogP contribution in [0.15, 0.2) is 24.3 Å². The van der Waals surface area contributed by atoms with Crippen LogP contribution in [-0.2, 0) is 4.79 Å². The average Bonchev–Trinajstić information content (AvgIpc) is 2.35. The van der Waals surface area contributed by atoms with E-state index in [1.165, 1.54) is 7.05 Å². The van der Waals surface area contributed by atoms with Gasteiger partial charge in [-0.05, 0) is 24.3 Å². The summed E-state index contributed by atoms with van der Waals surface area (Å²) in [5.41, 5.74) is -0.535. The van der Waals surface area contributed by atoms with Crippen LogP contribution in [0.2, 0.25) is 0 Å². The SMILES string of the molecule is CN(C=O)c1ccc(C(=O)C(F)(F)C(F)(F)F)cc1. The van der Waals surface area contributed by atoms with E-state index in [1.54, 1.807) is 0 Å². The van der Waals surface area contributed by atoms with Crippen LogP contribution in [0.1, 0.15) is 10.4 Å². The van der Waals surface area contributed by atoms with Crippen molar-refractivity contribution < 1.29 is 31.5 Å². The van der Waals surface area contributed by atoms with Crippen LogP contribution in [0.3, 0.4) is 0 Å². The summed E-state index contributed by atoms with van der Waals surface area (Å²) < 4.78 is 61.6. The molecule has 0 saturated carbocycles. The molecule has 104 valence electrons. The van der Waals surface area contributed by atoms with Crippen molar-refractivity contribution in [2.45, 2.75) is 12.1 Å². The molecule has 0 bridgehead atoms. The van der Waals surface area contributed by atoms with Crippen LogP contribution in [0.25, 0.3) is 0 Å². The lowest BCUT2D eigenvalue weighted by atomic mass is 10.0. The van der Waals surface area contributed by atoms with Crippen molar-refractivity contribution in [2.75, 3.05) is 11.9 Å². The Morgan fingerprint density at radius 2 is 1.58 bits per heavy atom.